The average molecular weight is 516 g/mol. The molecule has 0 bridgehead atoms. The molecule has 9 nitrogen and oxygen atoms in total. The Morgan fingerprint density at radius 2 is 1.74 bits per heavy atom. The van der Waals surface area contributed by atoms with Crippen molar-refractivity contribution in [3.05, 3.63) is 63.7 Å². The number of hydrogen-bond donors (Lipinski definition) is 0. The van der Waals surface area contributed by atoms with E-state index >= 15 is 0 Å². The molecule has 2 aliphatic rings. The van der Waals surface area contributed by atoms with Crippen LogP contribution in [0.4, 0.5) is 5.82 Å². The number of benzene rings is 1. The predicted octanol–water partition coefficient (Wildman–Crippen LogP) is 3.08. The first-order chi connectivity index (χ1) is 18.2. The fraction of sp³-hybridized carbons (Fsp3) is 0.517. The van der Waals surface area contributed by atoms with Gasteiger partial charge in [-0.15, -0.1) is 0 Å². The highest BCUT2D eigenvalue weighted by Gasteiger charge is 2.30. The summed E-state index contributed by atoms with van der Waals surface area (Å²) < 4.78 is 7.36. The number of ether oxygens (including phenoxy) is 1. The van der Waals surface area contributed by atoms with Crippen molar-refractivity contribution in [2.75, 3.05) is 37.6 Å². The van der Waals surface area contributed by atoms with E-state index in [-0.39, 0.29) is 30.0 Å². The van der Waals surface area contributed by atoms with Crippen molar-refractivity contribution < 1.29 is 4.74 Å². The maximum atomic E-state index is 12.6. The Labute approximate surface area is 224 Å². The Hall–Kier alpha value is -3.32. The third-order valence-electron chi connectivity index (χ3n) is 7.89. The van der Waals surface area contributed by atoms with Crippen LogP contribution in [0.25, 0.3) is 11.0 Å². The summed E-state index contributed by atoms with van der Waals surface area (Å²) in [5.41, 5.74) is 3.91. The van der Waals surface area contributed by atoms with Gasteiger partial charge in [0, 0.05) is 58.4 Å². The Kier molecular flexibility index (Phi) is 7.48. The zero-order valence-electron chi connectivity index (χ0n) is 23.0. The molecule has 0 radical (unpaired) electrons. The lowest BCUT2D eigenvalue weighted by atomic mass is 10.0. The first kappa shape index (κ1) is 26.3. The molecule has 3 aromatic rings. The van der Waals surface area contributed by atoms with Crippen LogP contribution in [0.1, 0.15) is 50.6 Å². The number of fused-ring (bicyclic) bond motifs is 1. The second-order valence-electron chi connectivity index (χ2n) is 10.9. The monoisotopic (exact) mass is 515 g/mol. The summed E-state index contributed by atoms with van der Waals surface area (Å²) in [7, 11) is 1.69. The lowest BCUT2D eigenvalue weighted by molar-refractivity contribution is -0.0704. The van der Waals surface area contributed by atoms with Gasteiger partial charge in [0.2, 0.25) is 0 Å². The minimum Gasteiger partial charge on any atom is -0.373 e. The van der Waals surface area contributed by atoms with Crippen LogP contribution in [0, 0.1) is 11.3 Å². The van der Waals surface area contributed by atoms with Crippen LogP contribution in [0.5, 0.6) is 0 Å². The van der Waals surface area contributed by atoms with E-state index in [1.807, 2.05) is 0 Å². The van der Waals surface area contributed by atoms with Crippen molar-refractivity contribution in [3.8, 4) is 6.07 Å². The largest absolute Gasteiger partial charge is 0.373 e. The first-order valence-corrected chi connectivity index (χ1v) is 13.5. The number of morpholine rings is 1. The van der Waals surface area contributed by atoms with E-state index in [1.165, 1.54) is 15.7 Å². The molecule has 2 aromatic heterocycles. The summed E-state index contributed by atoms with van der Waals surface area (Å²) in [6.07, 6.45) is 0.546. The molecule has 0 aliphatic carbocycles. The lowest BCUT2D eigenvalue weighted by Crippen LogP contribution is -2.53. The number of aryl methyl sites for hydroxylation is 1. The number of pyridine rings is 1. The summed E-state index contributed by atoms with van der Waals surface area (Å²) in [5, 5.41) is 9.37. The summed E-state index contributed by atoms with van der Waals surface area (Å²) in [4.78, 5) is 28.6. The standard InChI is InChI=1S/C29H37N7O2/c1-19-15-35(22(4)24-8-6-23(7-9-24)18-34-16-20(2)38-21(3)17-34)12-13-36(19)28-27-26(33(5)29(37)32-28)11-10-25(14-30)31-27/h6-11,19-22H,12-13,15-18H2,1-5H3. The van der Waals surface area contributed by atoms with Crippen LogP contribution in [0.3, 0.4) is 0 Å². The average Bonchev–Trinajstić information content (AvgIpc) is 2.90. The minimum atomic E-state index is -0.317. The molecule has 1 aromatic carbocycles. The van der Waals surface area contributed by atoms with Gasteiger partial charge in [-0.05, 0) is 51.0 Å². The Bertz CT molecular complexity index is 1390. The summed E-state index contributed by atoms with van der Waals surface area (Å²) in [6.45, 7) is 14.0. The van der Waals surface area contributed by atoms with Crippen molar-refractivity contribution in [1.82, 2.24) is 24.3 Å². The zero-order valence-corrected chi connectivity index (χ0v) is 23.0. The van der Waals surface area contributed by atoms with Crippen molar-refractivity contribution in [3.63, 3.8) is 0 Å². The van der Waals surface area contributed by atoms with Gasteiger partial charge in [0.05, 0.1) is 17.7 Å². The third-order valence-corrected chi connectivity index (χ3v) is 7.89. The number of anilines is 1. The highest BCUT2D eigenvalue weighted by Crippen LogP contribution is 2.29. The van der Waals surface area contributed by atoms with E-state index in [2.05, 4.69) is 82.7 Å². The van der Waals surface area contributed by atoms with Gasteiger partial charge in [-0.2, -0.15) is 10.2 Å². The Balaban J connectivity index is 1.28. The second kappa shape index (κ2) is 10.8. The van der Waals surface area contributed by atoms with Crippen molar-refractivity contribution in [2.45, 2.75) is 58.5 Å². The highest BCUT2D eigenvalue weighted by atomic mass is 16.5. The maximum Gasteiger partial charge on any atom is 0.349 e. The molecule has 0 amide bonds. The molecule has 0 spiro atoms. The number of nitrogens with zero attached hydrogens (tertiary/aromatic N) is 7. The normalized spacial score (nSPS) is 23.9. The van der Waals surface area contributed by atoms with Gasteiger partial charge < -0.3 is 9.64 Å². The minimum absolute atomic E-state index is 0.131. The molecule has 0 N–H and O–H groups in total. The number of rotatable bonds is 5. The van der Waals surface area contributed by atoms with Gasteiger partial charge in [-0.25, -0.2) is 9.78 Å². The molecule has 4 unspecified atom stereocenters. The first-order valence-electron chi connectivity index (χ1n) is 13.5. The summed E-state index contributed by atoms with van der Waals surface area (Å²) >= 11 is 0. The van der Waals surface area contributed by atoms with Crippen LogP contribution in [-0.2, 0) is 18.3 Å². The summed E-state index contributed by atoms with van der Waals surface area (Å²) in [5.74, 6) is 0.566. The van der Waals surface area contributed by atoms with Crippen LogP contribution in [-0.4, -0.2) is 75.3 Å². The van der Waals surface area contributed by atoms with E-state index in [4.69, 9.17) is 4.74 Å². The van der Waals surface area contributed by atoms with Gasteiger partial charge in [0.15, 0.2) is 5.82 Å². The Morgan fingerprint density at radius 1 is 1.03 bits per heavy atom. The smallest absolute Gasteiger partial charge is 0.349 e. The molecule has 5 rings (SSSR count). The molecule has 9 heteroatoms. The van der Waals surface area contributed by atoms with Crippen LogP contribution < -0.4 is 10.6 Å². The summed E-state index contributed by atoms with van der Waals surface area (Å²) in [6, 6.07) is 14.9. The second-order valence-corrected chi connectivity index (χ2v) is 10.9. The quantitative estimate of drug-likeness (QED) is 0.512. The van der Waals surface area contributed by atoms with Gasteiger partial charge in [0.25, 0.3) is 0 Å². The fourth-order valence-electron chi connectivity index (χ4n) is 5.91. The van der Waals surface area contributed by atoms with E-state index in [0.717, 1.165) is 39.3 Å². The van der Waals surface area contributed by atoms with Crippen molar-refractivity contribution in [2.24, 2.45) is 7.05 Å². The lowest BCUT2D eigenvalue weighted by Gasteiger charge is -2.43. The maximum absolute atomic E-state index is 12.6. The SMILES string of the molecule is CC1CN(Cc2ccc(C(C)N3CCN(c4nc(=O)n(C)c5ccc(C#N)nc45)C(C)C3)cc2)CC(C)O1. The Morgan fingerprint density at radius 3 is 2.39 bits per heavy atom. The van der Waals surface area contributed by atoms with E-state index < -0.39 is 0 Å². The number of nitriles is 1. The molecular formula is C29H37N7O2. The van der Waals surface area contributed by atoms with Crippen molar-refractivity contribution in [1.29, 1.82) is 5.26 Å². The van der Waals surface area contributed by atoms with Gasteiger partial charge in [-0.3, -0.25) is 14.4 Å². The number of aromatic nitrogens is 3. The van der Waals surface area contributed by atoms with E-state index in [9.17, 15) is 10.1 Å². The number of piperazine rings is 1. The van der Waals surface area contributed by atoms with Gasteiger partial charge >= 0.3 is 5.69 Å². The van der Waals surface area contributed by atoms with Gasteiger partial charge in [0.1, 0.15) is 17.3 Å². The molecule has 38 heavy (non-hydrogen) atoms. The highest BCUT2D eigenvalue weighted by molar-refractivity contribution is 5.86. The predicted molar refractivity (Wildman–Crippen MR) is 148 cm³/mol. The van der Waals surface area contributed by atoms with E-state index in [0.29, 0.717) is 22.5 Å². The third kappa shape index (κ3) is 5.30. The number of hydrogen-bond acceptors (Lipinski definition) is 8. The molecule has 0 saturated carbocycles. The van der Waals surface area contributed by atoms with Gasteiger partial charge in [-0.1, -0.05) is 24.3 Å². The molecule has 2 aliphatic heterocycles. The van der Waals surface area contributed by atoms with Crippen LogP contribution in [0.15, 0.2) is 41.2 Å². The molecular weight excluding hydrogens is 478 g/mol. The van der Waals surface area contributed by atoms with E-state index in [1.54, 1.807) is 19.2 Å². The molecule has 4 atom stereocenters. The molecule has 2 fully saturated rings. The molecule has 2 saturated heterocycles. The fourth-order valence-corrected chi connectivity index (χ4v) is 5.91. The van der Waals surface area contributed by atoms with Crippen LogP contribution in [0.2, 0.25) is 0 Å². The molecule has 200 valence electrons. The van der Waals surface area contributed by atoms with Crippen LogP contribution >= 0.6 is 0 Å². The molecule has 4 heterocycles. The topological polar surface area (TPSA) is 90.5 Å². The van der Waals surface area contributed by atoms with Crippen molar-refractivity contribution >= 4 is 16.9 Å². The zero-order chi connectivity index (χ0) is 27.0.